The Morgan fingerprint density at radius 1 is 1.46 bits per heavy atom. The molecule has 0 aromatic carbocycles. The van der Waals surface area contributed by atoms with Gasteiger partial charge in [-0.15, -0.1) is 0 Å². The number of ether oxygens (including phenoxy) is 2. The van der Waals surface area contributed by atoms with Gasteiger partial charge in [0.15, 0.2) is 6.29 Å². The van der Waals surface area contributed by atoms with Gasteiger partial charge in [-0.2, -0.15) is 0 Å². The number of aliphatic hydroxyl groups is 2. The van der Waals surface area contributed by atoms with Gasteiger partial charge >= 0.3 is 0 Å². The van der Waals surface area contributed by atoms with Crippen molar-refractivity contribution in [3.63, 3.8) is 0 Å². The molecule has 78 valence electrons. The first kappa shape index (κ1) is 10.9. The van der Waals surface area contributed by atoms with E-state index < -0.39 is 18.5 Å². The topological polar surface area (TPSA) is 62.2 Å². The lowest BCUT2D eigenvalue weighted by atomic mass is 10.1. The molecule has 0 aliphatic carbocycles. The molecule has 0 bridgehead atoms. The maximum atomic E-state index is 9.71. The molecule has 13 heavy (non-hydrogen) atoms. The van der Waals surface area contributed by atoms with Crippen molar-refractivity contribution in [3.8, 4) is 0 Å². The smallest absolute Gasteiger partial charge is 0.175 e. The van der Waals surface area contributed by atoms with Crippen LogP contribution in [0.4, 0.5) is 0 Å². The van der Waals surface area contributed by atoms with Gasteiger partial charge in [-0.3, -0.25) is 4.90 Å². The van der Waals surface area contributed by atoms with E-state index >= 15 is 0 Å². The summed E-state index contributed by atoms with van der Waals surface area (Å²) in [6, 6.07) is -0.220. The molecule has 0 aromatic heterocycles. The normalized spacial score (nSPS) is 40.2. The Balaban J connectivity index is 2.68. The van der Waals surface area contributed by atoms with E-state index in [-0.39, 0.29) is 12.6 Å². The van der Waals surface area contributed by atoms with Crippen LogP contribution in [0.2, 0.25) is 0 Å². The number of hydrogen-bond acceptors (Lipinski definition) is 5. The zero-order valence-electron chi connectivity index (χ0n) is 8.17. The molecule has 1 saturated heterocycles. The third-order valence-electron chi connectivity index (χ3n) is 2.33. The standard InChI is InChI=1S/C8H17NO4/c1-9(2)6-7(11)5(4-10)13-8(6)12-3/h5-8,10-11H,4H2,1-3H3/t5-,6-,7+,8-/m1/s1. The van der Waals surface area contributed by atoms with Crippen LogP contribution in [0.3, 0.4) is 0 Å². The fourth-order valence-electron chi connectivity index (χ4n) is 1.61. The molecular weight excluding hydrogens is 174 g/mol. The molecule has 0 unspecified atom stereocenters. The summed E-state index contributed by atoms with van der Waals surface area (Å²) in [7, 11) is 5.19. The van der Waals surface area contributed by atoms with Crippen molar-refractivity contribution in [1.29, 1.82) is 0 Å². The van der Waals surface area contributed by atoms with Crippen LogP contribution in [0.5, 0.6) is 0 Å². The van der Waals surface area contributed by atoms with E-state index in [1.807, 2.05) is 19.0 Å². The van der Waals surface area contributed by atoms with E-state index in [1.165, 1.54) is 7.11 Å². The Hall–Kier alpha value is -0.200. The van der Waals surface area contributed by atoms with Crippen molar-refractivity contribution in [3.05, 3.63) is 0 Å². The Bertz CT molecular complexity index is 162. The summed E-state index contributed by atoms with van der Waals surface area (Å²) in [5.74, 6) is 0. The first-order valence-electron chi connectivity index (χ1n) is 4.25. The van der Waals surface area contributed by atoms with Crippen LogP contribution in [-0.4, -0.2) is 67.5 Å². The third-order valence-corrected chi connectivity index (χ3v) is 2.33. The fourth-order valence-corrected chi connectivity index (χ4v) is 1.61. The maximum Gasteiger partial charge on any atom is 0.175 e. The molecule has 0 amide bonds. The molecule has 2 N–H and O–H groups in total. The minimum absolute atomic E-state index is 0.189. The largest absolute Gasteiger partial charge is 0.394 e. The molecule has 0 aromatic rings. The molecule has 1 fully saturated rings. The predicted molar refractivity (Wildman–Crippen MR) is 46.2 cm³/mol. The SMILES string of the molecule is CO[C@@H]1O[C@H](CO)[C@H](O)[C@H]1N(C)C. The third kappa shape index (κ3) is 2.00. The van der Waals surface area contributed by atoms with Crippen LogP contribution < -0.4 is 0 Å². The van der Waals surface area contributed by atoms with Gasteiger partial charge in [0.1, 0.15) is 12.2 Å². The zero-order valence-corrected chi connectivity index (χ0v) is 8.17. The molecule has 0 saturated carbocycles. The highest BCUT2D eigenvalue weighted by atomic mass is 16.7. The van der Waals surface area contributed by atoms with Gasteiger partial charge in [-0.05, 0) is 14.1 Å². The quantitative estimate of drug-likeness (QED) is 0.577. The summed E-state index contributed by atoms with van der Waals surface area (Å²) in [5, 5.41) is 18.6. The Kier molecular flexibility index (Phi) is 3.63. The van der Waals surface area contributed by atoms with Gasteiger partial charge in [-0.25, -0.2) is 0 Å². The van der Waals surface area contributed by atoms with Gasteiger partial charge in [0.2, 0.25) is 0 Å². The van der Waals surface area contributed by atoms with E-state index in [0.717, 1.165) is 0 Å². The molecule has 1 aliphatic heterocycles. The van der Waals surface area contributed by atoms with Crippen LogP contribution in [-0.2, 0) is 9.47 Å². The van der Waals surface area contributed by atoms with Crippen LogP contribution >= 0.6 is 0 Å². The lowest BCUT2D eigenvalue weighted by Gasteiger charge is -2.25. The molecule has 5 nitrogen and oxygen atoms in total. The highest BCUT2D eigenvalue weighted by molar-refractivity contribution is 4.91. The second-order valence-corrected chi connectivity index (χ2v) is 3.41. The summed E-state index contributed by atoms with van der Waals surface area (Å²) in [6.45, 7) is -0.189. The lowest BCUT2D eigenvalue weighted by molar-refractivity contribution is -0.140. The van der Waals surface area contributed by atoms with E-state index in [0.29, 0.717) is 0 Å². The second kappa shape index (κ2) is 4.34. The Morgan fingerprint density at radius 3 is 2.38 bits per heavy atom. The van der Waals surface area contributed by atoms with Crippen molar-refractivity contribution in [2.75, 3.05) is 27.8 Å². The van der Waals surface area contributed by atoms with E-state index in [1.54, 1.807) is 0 Å². The first-order chi connectivity index (χ1) is 6.11. The van der Waals surface area contributed by atoms with Gasteiger partial charge in [0, 0.05) is 7.11 Å². The van der Waals surface area contributed by atoms with Gasteiger partial charge < -0.3 is 19.7 Å². The summed E-state index contributed by atoms with van der Waals surface area (Å²) in [6.07, 6.45) is -1.72. The van der Waals surface area contributed by atoms with Crippen molar-refractivity contribution >= 4 is 0 Å². The predicted octanol–water partition coefficient (Wildman–Crippen LogP) is -1.36. The minimum Gasteiger partial charge on any atom is -0.394 e. The Morgan fingerprint density at radius 2 is 2.08 bits per heavy atom. The van der Waals surface area contributed by atoms with Gasteiger partial charge in [0.05, 0.1) is 12.6 Å². The van der Waals surface area contributed by atoms with E-state index in [2.05, 4.69) is 0 Å². The first-order valence-corrected chi connectivity index (χ1v) is 4.25. The van der Waals surface area contributed by atoms with Crippen LogP contribution in [0.15, 0.2) is 0 Å². The Labute approximate surface area is 77.9 Å². The van der Waals surface area contributed by atoms with E-state index in [4.69, 9.17) is 14.6 Å². The average Bonchev–Trinajstić information content (AvgIpc) is 2.41. The fraction of sp³-hybridized carbons (Fsp3) is 1.00. The molecule has 5 heteroatoms. The van der Waals surface area contributed by atoms with Crippen molar-refractivity contribution in [2.24, 2.45) is 0 Å². The zero-order chi connectivity index (χ0) is 10.0. The number of nitrogens with zero attached hydrogens (tertiary/aromatic N) is 1. The summed E-state index contributed by atoms with van der Waals surface area (Å²) in [5.41, 5.74) is 0. The van der Waals surface area contributed by atoms with Crippen molar-refractivity contribution < 1.29 is 19.7 Å². The second-order valence-electron chi connectivity index (χ2n) is 3.41. The molecule has 1 heterocycles. The number of aliphatic hydroxyl groups excluding tert-OH is 2. The van der Waals surface area contributed by atoms with E-state index in [9.17, 15) is 5.11 Å². The molecule has 0 spiro atoms. The highest BCUT2D eigenvalue weighted by Gasteiger charge is 2.44. The van der Waals surface area contributed by atoms with Crippen LogP contribution in [0.25, 0.3) is 0 Å². The van der Waals surface area contributed by atoms with Gasteiger partial charge in [-0.1, -0.05) is 0 Å². The average molecular weight is 191 g/mol. The molecule has 1 rings (SSSR count). The number of methoxy groups -OCH3 is 1. The summed E-state index contributed by atoms with van der Waals surface area (Å²) < 4.78 is 10.3. The van der Waals surface area contributed by atoms with Crippen LogP contribution in [0.1, 0.15) is 0 Å². The van der Waals surface area contributed by atoms with Crippen molar-refractivity contribution in [2.45, 2.75) is 24.5 Å². The summed E-state index contributed by atoms with van der Waals surface area (Å²) in [4.78, 5) is 1.83. The molecule has 4 atom stereocenters. The molecule has 0 radical (unpaired) electrons. The monoisotopic (exact) mass is 191 g/mol. The molecular formula is C8H17NO4. The van der Waals surface area contributed by atoms with Gasteiger partial charge in [0.25, 0.3) is 0 Å². The van der Waals surface area contributed by atoms with Crippen molar-refractivity contribution in [1.82, 2.24) is 4.90 Å². The number of hydrogen-bond donors (Lipinski definition) is 2. The number of likely N-dealkylation sites (N-methyl/N-ethyl adjacent to an activating group) is 1. The highest BCUT2D eigenvalue weighted by Crippen LogP contribution is 2.24. The minimum atomic E-state index is -0.704. The lowest BCUT2D eigenvalue weighted by Crippen LogP contribution is -2.45. The molecule has 1 aliphatic rings. The van der Waals surface area contributed by atoms with Crippen LogP contribution in [0, 0.1) is 0 Å². The maximum absolute atomic E-state index is 9.71. The number of rotatable bonds is 3. The summed E-state index contributed by atoms with van der Waals surface area (Å²) >= 11 is 0.